The molecule has 1 N–H and O–H groups in total. The van der Waals surface area contributed by atoms with Crippen molar-refractivity contribution in [1.82, 2.24) is 4.98 Å². The molecule has 1 atom stereocenters. The molecule has 0 radical (unpaired) electrons. The minimum atomic E-state index is -4.43. The van der Waals surface area contributed by atoms with Crippen LogP contribution in [0.15, 0.2) is 59.5 Å². The molecular formula is C24H22F4N2O3S. The van der Waals surface area contributed by atoms with E-state index in [2.05, 4.69) is 9.71 Å². The standard InChI is InChI=1S/C24H22F4N2O3S/c1-2-4-15-13-16(24(26,27)28)7-9-18(15)19-11-12-33-21-14-17(8-10-20(19)21)34(31,32)30-23-6-3-5-22(25)29-23/h3,5-10,13-14,19H,2,4,11-12H2,1H3,(H,29,30)/t19-/m1/s1. The number of sulfonamides is 1. The molecule has 1 aliphatic rings. The fraction of sp³-hybridized carbons (Fsp3) is 0.292. The number of benzene rings is 2. The Balaban J connectivity index is 1.69. The summed E-state index contributed by atoms with van der Waals surface area (Å²) in [6.07, 6.45) is -2.71. The Labute approximate surface area is 194 Å². The van der Waals surface area contributed by atoms with Crippen molar-refractivity contribution in [2.24, 2.45) is 0 Å². The van der Waals surface area contributed by atoms with Crippen LogP contribution in [0.1, 0.15) is 47.9 Å². The van der Waals surface area contributed by atoms with E-state index in [9.17, 15) is 26.0 Å². The largest absolute Gasteiger partial charge is 0.493 e. The molecule has 5 nitrogen and oxygen atoms in total. The highest BCUT2D eigenvalue weighted by Gasteiger charge is 2.33. The number of aromatic nitrogens is 1. The molecule has 0 saturated carbocycles. The van der Waals surface area contributed by atoms with Gasteiger partial charge in [0.1, 0.15) is 11.6 Å². The van der Waals surface area contributed by atoms with Crippen LogP contribution in [0, 0.1) is 5.95 Å². The molecular weight excluding hydrogens is 472 g/mol. The maximum atomic E-state index is 13.3. The molecule has 0 saturated heterocycles. The fourth-order valence-corrected chi connectivity index (χ4v) is 5.15. The minimum Gasteiger partial charge on any atom is -0.493 e. The fourth-order valence-electron chi connectivity index (χ4n) is 4.13. The molecule has 2 heterocycles. The molecule has 3 aromatic rings. The van der Waals surface area contributed by atoms with E-state index >= 15 is 0 Å². The monoisotopic (exact) mass is 494 g/mol. The van der Waals surface area contributed by atoms with Gasteiger partial charge in [-0.15, -0.1) is 0 Å². The van der Waals surface area contributed by atoms with Crippen LogP contribution in [0.2, 0.25) is 0 Å². The molecule has 0 unspecified atom stereocenters. The number of pyridine rings is 1. The van der Waals surface area contributed by atoms with Gasteiger partial charge in [0, 0.05) is 17.5 Å². The Kier molecular flexibility index (Phi) is 6.53. The maximum absolute atomic E-state index is 13.3. The quantitative estimate of drug-likeness (QED) is 0.342. The number of alkyl halides is 3. The number of aryl methyl sites for hydroxylation is 1. The highest BCUT2D eigenvalue weighted by Crippen LogP contribution is 2.42. The first kappa shape index (κ1) is 24.0. The van der Waals surface area contributed by atoms with Crippen LogP contribution in [0.25, 0.3) is 0 Å². The molecule has 2 aromatic carbocycles. The lowest BCUT2D eigenvalue weighted by molar-refractivity contribution is -0.137. The number of anilines is 1. The zero-order valence-corrected chi connectivity index (χ0v) is 19.0. The second kappa shape index (κ2) is 9.25. The van der Waals surface area contributed by atoms with Gasteiger partial charge >= 0.3 is 6.18 Å². The predicted molar refractivity (Wildman–Crippen MR) is 119 cm³/mol. The Morgan fingerprint density at radius 3 is 2.56 bits per heavy atom. The molecule has 1 aromatic heterocycles. The number of fused-ring (bicyclic) bond motifs is 1. The van der Waals surface area contributed by atoms with Gasteiger partial charge in [-0.1, -0.05) is 31.5 Å². The van der Waals surface area contributed by atoms with Crippen molar-refractivity contribution in [3.63, 3.8) is 0 Å². The van der Waals surface area contributed by atoms with Crippen molar-refractivity contribution >= 4 is 15.8 Å². The summed E-state index contributed by atoms with van der Waals surface area (Å²) in [4.78, 5) is 3.41. The van der Waals surface area contributed by atoms with E-state index in [4.69, 9.17) is 4.74 Å². The first-order valence-corrected chi connectivity index (χ1v) is 12.2. The number of ether oxygens (including phenoxy) is 1. The van der Waals surface area contributed by atoms with Gasteiger partial charge in [0.25, 0.3) is 10.0 Å². The van der Waals surface area contributed by atoms with Gasteiger partial charge in [0.15, 0.2) is 0 Å². The lowest BCUT2D eigenvalue weighted by Gasteiger charge is -2.29. The van der Waals surface area contributed by atoms with E-state index in [0.29, 0.717) is 36.1 Å². The summed E-state index contributed by atoms with van der Waals surface area (Å²) in [5, 5.41) is 0. The normalized spacial score (nSPS) is 16.0. The number of hydrogen-bond acceptors (Lipinski definition) is 4. The minimum absolute atomic E-state index is 0.0980. The third-order valence-corrected chi connectivity index (χ3v) is 7.01. The number of hydrogen-bond donors (Lipinski definition) is 1. The highest BCUT2D eigenvalue weighted by molar-refractivity contribution is 7.92. The summed E-state index contributed by atoms with van der Waals surface area (Å²) in [5.41, 5.74) is 1.40. The summed E-state index contributed by atoms with van der Waals surface area (Å²) >= 11 is 0. The Hall–Kier alpha value is -3.14. The van der Waals surface area contributed by atoms with Gasteiger partial charge < -0.3 is 4.74 Å². The second-order valence-electron chi connectivity index (χ2n) is 8.00. The van der Waals surface area contributed by atoms with Crippen molar-refractivity contribution in [3.8, 4) is 5.75 Å². The number of rotatable bonds is 6. The molecule has 0 fully saturated rings. The van der Waals surface area contributed by atoms with E-state index in [1.165, 1.54) is 36.4 Å². The van der Waals surface area contributed by atoms with Gasteiger partial charge in [-0.2, -0.15) is 17.6 Å². The van der Waals surface area contributed by atoms with E-state index in [0.717, 1.165) is 17.7 Å². The van der Waals surface area contributed by atoms with Crippen LogP contribution in [0.4, 0.5) is 23.4 Å². The lowest BCUT2D eigenvalue weighted by Crippen LogP contribution is -2.19. The van der Waals surface area contributed by atoms with E-state index in [1.54, 1.807) is 6.07 Å². The number of nitrogens with zero attached hydrogens (tertiary/aromatic N) is 1. The Morgan fingerprint density at radius 2 is 1.85 bits per heavy atom. The molecule has 0 bridgehead atoms. The summed E-state index contributed by atoms with van der Waals surface area (Å²) in [5.74, 6) is -0.877. The van der Waals surface area contributed by atoms with Crippen LogP contribution in [-0.4, -0.2) is 20.0 Å². The van der Waals surface area contributed by atoms with E-state index in [-0.39, 0.29) is 23.2 Å². The van der Waals surface area contributed by atoms with Crippen molar-refractivity contribution in [2.75, 3.05) is 11.3 Å². The van der Waals surface area contributed by atoms with Gasteiger partial charge in [0.05, 0.1) is 17.1 Å². The lowest BCUT2D eigenvalue weighted by atomic mass is 9.82. The maximum Gasteiger partial charge on any atom is 0.416 e. The molecule has 0 aliphatic carbocycles. The van der Waals surface area contributed by atoms with E-state index in [1.807, 2.05) is 6.92 Å². The average molecular weight is 495 g/mol. The Bertz CT molecular complexity index is 1310. The summed E-state index contributed by atoms with van der Waals surface area (Å²) in [6, 6.07) is 11.9. The number of halogens is 4. The van der Waals surface area contributed by atoms with Gasteiger partial charge in [-0.3, -0.25) is 4.72 Å². The molecule has 0 spiro atoms. The molecule has 1 aliphatic heterocycles. The summed E-state index contributed by atoms with van der Waals surface area (Å²) in [7, 11) is -4.07. The zero-order chi connectivity index (χ0) is 24.5. The van der Waals surface area contributed by atoms with Gasteiger partial charge in [-0.25, -0.2) is 13.4 Å². The van der Waals surface area contributed by atoms with Crippen LogP contribution in [-0.2, 0) is 22.6 Å². The molecule has 0 amide bonds. The van der Waals surface area contributed by atoms with Crippen molar-refractivity contribution in [1.29, 1.82) is 0 Å². The van der Waals surface area contributed by atoms with E-state index < -0.39 is 27.7 Å². The second-order valence-corrected chi connectivity index (χ2v) is 9.68. The third-order valence-electron chi connectivity index (χ3n) is 5.65. The smallest absolute Gasteiger partial charge is 0.416 e. The Morgan fingerprint density at radius 1 is 1.09 bits per heavy atom. The van der Waals surface area contributed by atoms with Crippen LogP contribution >= 0.6 is 0 Å². The van der Waals surface area contributed by atoms with Crippen molar-refractivity contribution in [2.45, 2.75) is 43.2 Å². The van der Waals surface area contributed by atoms with Gasteiger partial charge in [-0.05, 0) is 54.3 Å². The SMILES string of the molecule is CCCc1cc(C(F)(F)F)ccc1[C@H]1CCOc2cc(S(=O)(=O)Nc3cccc(F)n3)ccc21. The van der Waals surface area contributed by atoms with Gasteiger partial charge in [0.2, 0.25) is 5.95 Å². The number of nitrogens with one attached hydrogen (secondary N) is 1. The first-order valence-electron chi connectivity index (χ1n) is 10.7. The summed E-state index contributed by atoms with van der Waals surface area (Å²) < 4.78 is 86.6. The van der Waals surface area contributed by atoms with Crippen LogP contribution in [0.5, 0.6) is 5.75 Å². The molecule has 34 heavy (non-hydrogen) atoms. The molecule has 4 rings (SSSR count). The molecule has 180 valence electrons. The third kappa shape index (κ3) is 5.01. The van der Waals surface area contributed by atoms with Crippen molar-refractivity contribution in [3.05, 3.63) is 82.8 Å². The van der Waals surface area contributed by atoms with Crippen molar-refractivity contribution < 1.29 is 30.7 Å². The first-order chi connectivity index (χ1) is 16.1. The van der Waals surface area contributed by atoms with Crippen LogP contribution < -0.4 is 9.46 Å². The highest BCUT2D eigenvalue weighted by atomic mass is 32.2. The topological polar surface area (TPSA) is 68.3 Å². The predicted octanol–water partition coefficient (Wildman–Crippen LogP) is 5.91. The van der Waals surface area contributed by atoms with Crippen LogP contribution in [0.3, 0.4) is 0 Å². The average Bonchev–Trinajstić information content (AvgIpc) is 2.78. The molecule has 10 heteroatoms. The zero-order valence-electron chi connectivity index (χ0n) is 18.2. The summed E-state index contributed by atoms with van der Waals surface area (Å²) in [6.45, 7) is 2.19.